The molecule has 0 aliphatic carbocycles. The van der Waals surface area contributed by atoms with Crippen molar-refractivity contribution in [1.29, 1.82) is 0 Å². The fourth-order valence-corrected chi connectivity index (χ4v) is 1.86. The number of benzene rings is 1. The van der Waals surface area contributed by atoms with Gasteiger partial charge in [-0.1, -0.05) is 57.2 Å². The zero-order valence-corrected chi connectivity index (χ0v) is 10.2. The number of hydrogen-bond donors (Lipinski definition) is 1. The SMILES string of the molecule is CC(C)(C)C1=CCNC(c2ccccc2)=C1. The molecule has 16 heavy (non-hydrogen) atoms. The third-order valence-corrected chi connectivity index (χ3v) is 2.87. The standard InChI is InChI=1S/C15H19N/c1-15(2,3)13-9-10-16-14(11-13)12-7-5-4-6-8-12/h4-9,11,16H,10H2,1-3H3. The molecular formula is C15H19N. The molecule has 1 heteroatoms. The average Bonchev–Trinajstić information content (AvgIpc) is 2.29. The van der Waals surface area contributed by atoms with Gasteiger partial charge < -0.3 is 5.32 Å². The van der Waals surface area contributed by atoms with Gasteiger partial charge in [-0.2, -0.15) is 0 Å². The molecule has 0 aromatic heterocycles. The molecule has 2 rings (SSSR count). The first-order chi connectivity index (χ1) is 7.57. The Kier molecular flexibility index (Phi) is 2.86. The summed E-state index contributed by atoms with van der Waals surface area (Å²) in [5, 5.41) is 3.42. The highest BCUT2D eigenvalue weighted by Crippen LogP contribution is 2.30. The van der Waals surface area contributed by atoms with Crippen molar-refractivity contribution in [3.8, 4) is 0 Å². The van der Waals surface area contributed by atoms with Crippen molar-refractivity contribution in [1.82, 2.24) is 5.32 Å². The fourth-order valence-electron chi connectivity index (χ4n) is 1.86. The lowest BCUT2D eigenvalue weighted by atomic mass is 9.84. The van der Waals surface area contributed by atoms with Crippen LogP contribution in [0.15, 0.2) is 48.1 Å². The van der Waals surface area contributed by atoms with Gasteiger partial charge in [-0.15, -0.1) is 0 Å². The van der Waals surface area contributed by atoms with E-state index in [-0.39, 0.29) is 5.41 Å². The smallest absolute Gasteiger partial charge is 0.0419 e. The van der Waals surface area contributed by atoms with Crippen molar-refractivity contribution in [2.24, 2.45) is 5.41 Å². The van der Waals surface area contributed by atoms with Crippen LogP contribution in [0.2, 0.25) is 0 Å². The van der Waals surface area contributed by atoms with E-state index in [0.29, 0.717) is 0 Å². The molecule has 1 aliphatic heterocycles. The lowest BCUT2D eigenvalue weighted by Crippen LogP contribution is -2.20. The Morgan fingerprint density at radius 1 is 1.06 bits per heavy atom. The number of allylic oxidation sites excluding steroid dienone is 2. The Bertz CT molecular complexity index is 418. The third-order valence-electron chi connectivity index (χ3n) is 2.87. The van der Waals surface area contributed by atoms with E-state index in [1.807, 2.05) is 6.07 Å². The van der Waals surface area contributed by atoms with E-state index in [4.69, 9.17) is 0 Å². The molecule has 0 bridgehead atoms. The number of rotatable bonds is 1. The molecule has 0 saturated carbocycles. The summed E-state index contributed by atoms with van der Waals surface area (Å²) < 4.78 is 0. The molecule has 0 spiro atoms. The first-order valence-electron chi connectivity index (χ1n) is 5.79. The Balaban J connectivity index is 2.32. The second kappa shape index (κ2) is 4.17. The van der Waals surface area contributed by atoms with Gasteiger partial charge in [-0.05, 0) is 22.6 Å². The van der Waals surface area contributed by atoms with Crippen LogP contribution in [0.4, 0.5) is 0 Å². The van der Waals surface area contributed by atoms with Crippen LogP contribution in [0, 0.1) is 5.41 Å². The number of dihydropyridines is 1. The second-order valence-electron chi connectivity index (χ2n) is 5.21. The van der Waals surface area contributed by atoms with Gasteiger partial charge in [0.2, 0.25) is 0 Å². The summed E-state index contributed by atoms with van der Waals surface area (Å²) in [6.45, 7) is 7.68. The normalized spacial score (nSPS) is 16.2. The Hall–Kier alpha value is -1.50. The molecule has 1 aliphatic rings. The van der Waals surface area contributed by atoms with Crippen molar-refractivity contribution >= 4 is 5.70 Å². The molecule has 0 amide bonds. The Morgan fingerprint density at radius 3 is 2.38 bits per heavy atom. The maximum atomic E-state index is 3.42. The monoisotopic (exact) mass is 213 g/mol. The van der Waals surface area contributed by atoms with Crippen molar-refractivity contribution in [2.75, 3.05) is 6.54 Å². The van der Waals surface area contributed by atoms with Gasteiger partial charge in [0.25, 0.3) is 0 Å². The van der Waals surface area contributed by atoms with E-state index >= 15 is 0 Å². The molecule has 1 heterocycles. The fraction of sp³-hybridized carbons (Fsp3) is 0.333. The van der Waals surface area contributed by atoms with Crippen molar-refractivity contribution in [2.45, 2.75) is 20.8 Å². The highest BCUT2D eigenvalue weighted by atomic mass is 14.9. The lowest BCUT2D eigenvalue weighted by Gasteiger charge is -2.25. The quantitative estimate of drug-likeness (QED) is 0.751. The predicted molar refractivity (Wildman–Crippen MR) is 70.0 cm³/mol. The molecule has 1 nitrogen and oxygen atoms in total. The first kappa shape index (κ1) is 11.0. The predicted octanol–water partition coefficient (Wildman–Crippen LogP) is 3.60. The summed E-state index contributed by atoms with van der Waals surface area (Å²) in [6.07, 6.45) is 4.53. The van der Waals surface area contributed by atoms with Crippen LogP contribution in [0.3, 0.4) is 0 Å². The summed E-state index contributed by atoms with van der Waals surface area (Å²) in [7, 11) is 0. The van der Waals surface area contributed by atoms with E-state index in [9.17, 15) is 0 Å². The van der Waals surface area contributed by atoms with Crippen LogP contribution in [-0.4, -0.2) is 6.54 Å². The van der Waals surface area contributed by atoms with Gasteiger partial charge in [-0.25, -0.2) is 0 Å². The molecule has 0 saturated heterocycles. The molecule has 0 unspecified atom stereocenters. The van der Waals surface area contributed by atoms with Crippen molar-refractivity contribution < 1.29 is 0 Å². The van der Waals surface area contributed by atoms with Crippen LogP contribution < -0.4 is 5.32 Å². The Labute approximate surface area is 97.9 Å². The lowest BCUT2D eigenvalue weighted by molar-refractivity contribution is 0.513. The van der Waals surface area contributed by atoms with Gasteiger partial charge >= 0.3 is 0 Å². The minimum absolute atomic E-state index is 0.224. The molecular weight excluding hydrogens is 194 g/mol. The zero-order valence-electron chi connectivity index (χ0n) is 10.2. The zero-order chi connectivity index (χ0) is 11.6. The first-order valence-corrected chi connectivity index (χ1v) is 5.79. The van der Waals surface area contributed by atoms with E-state index < -0.39 is 0 Å². The third kappa shape index (κ3) is 2.35. The van der Waals surface area contributed by atoms with Crippen molar-refractivity contribution in [3.63, 3.8) is 0 Å². The maximum absolute atomic E-state index is 3.42. The molecule has 0 atom stereocenters. The largest absolute Gasteiger partial charge is 0.381 e. The molecule has 84 valence electrons. The topological polar surface area (TPSA) is 12.0 Å². The molecule has 0 fully saturated rings. The van der Waals surface area contributed by atoms with Gasteiger partial charge in [0, 0.05) is 12.2 Å². The average molecular weight is 213 g/mol. The van der Waals surface area contributed by atoms with Gasteiger partial charge in [-0.3, -0.25) is 0 Å². The van der Waals surface area contributed by atoms with E-state index in [0.717, 1.165) is 6.54 Å². The van der Waals surface area contributed by atoms with E-state index in [2.05, 4.69) is 62.5 Å². The van der Waals surface area contributed by atoms with Crippen LogP contribution in [0.25, 0.3) is 5.70 Å². The molecule has 0 radical (unpaired) electrons. The van der Waals surface area contributed by atoms with Gasteiger partial charge in [0.05, 0.1) is 0 Å². The van der Waals surface area contributed by atoms with Crippen LogP contribution in [0.1, 0.15) is 26.3 Å². The molecule has 1 N–H and O–H groups in total. The second-order valence-corrected chi connectivity index (χ2v) is 5.21. The highest BCUT2D eigenvalue weighted by Gasteiger charge is 2.18. The van der Waals surface area contributed by atoms with Crippen LogP contribution in [0.5, 0.6) is 0 Å². The summed E-state index contributed by atoms with van der Waals surface area (Å²) in [5.41, 5.74) is 4.12. The van der Waals surface area contributed by atoms with Crippen molar-refractivity contribution in [3.05, 3.63) is 53.6 Å². The van der Waals surface area contributed by atoms with Gasteiger partial charge in [0.15, 0.2) is 0 Å². The maximum Gasteiger partial charge on any atom is 0.0419 e. The van der Waals surface area contributed by atoms with Crippen LogP contribution in [-0.2, 0) is 0 Å². The molecule has 1 aromatic carbocycles. The summed E-state index contributed by atoms with van der Waals surface area (Å²) in [4.78, 5) is 0. The highest BCUT2D eigenvalue weighted by molar-refractivity contribution is 5.68. The minimum atomic E-state index is 0.224. The van der Waals surface area contributed by atoms with E-state index in [1.165, 1.54) is 16.8 Å². The summed E-state index contributed by atoms with van der Waals surface area (Å²) >= 11 is 0. The Morgan fingerprint density at radius 2 is 1.75 bits per heavy atom. The van der Waals surface area contributed by atoms with Gasteiger partial charge in [0.1, 0.15) is 0 Å². The number of hydrogen-bond acceptors (Lipinski definition) is 1. The number of nitrogens with one attached hydrogen (secondary N) is 1. The van der Waals surface area contributed by atoms with E-state index in [1.54, 1.807) is 0 Å². The summed E-state index contributed by atoms with van der Waals surface area (Å²) in [6, 6.07) is 10.5. The minimum Gasteiger partial charge on any atom is -0.381 e. The van der Waals surface area contributed by atoms with Crippen LogP contribution >= 0.6 is 0 Å². The molecule has 1 aromatic rings. The summed E-state index contributed by atoms with van der Waals surface area (Å²) in [5.74, 6) is 0.